The first-order valence-corrected chi connectivity index (χ1v) is 12.7. The highest BCUT2D eigenvalue weighted by Gasteiger charge is 2.30. The number of hydrogen-bond donors (Lipinski definition) is 0. The van der Waals surface area contributed by atoms with Gasteiger partial charge in [0.05, 0.1) is 0 Å². The van der Waals surface area contributed by atoms with E-state index in [-0.39, 0.29) is 6.29 Å². The van der Waals surface area contributed by atoms with Crippen molar-refractivity contribution >= 4 is 0 Å². The number of allylic oxidation sites excluding steroid dienone is 2. The van der Waals surface area contributed by atoms with Gasteiger partial charge < -0.3 is 9.47 Å². The fourth-order valence-electron chi connectivity index (χ4n) is 4.24. The van der Waals surface area contributed by atoms with Gasteiger partial charge in [0.25, 0.3) is 0 Å². The van der Waals surface area contributed by atoms with Crippen LogP contribution in [0, 0.1) is 17.3 Å². The van der Waals surface area contributed by atoms with Crippen LogP contribution in [0.25, 0.3) is 0 Å². The van der Waals surface area contributed by atoms with E-state index < -0.39 is 0 Å². The van der Waals surface area contributed by atoms with Crippen molar-refractivity contribution < 1.29 is 9.47 Å². The Hall–Kier alpha value is -1.28. The fraction of sp³-hybridized carbons (Fsp3) is 0.724. The van der Waals surface area contributed by atoms with Crippen molar-refractivity contribution in [1.29, 1.82) is 0 Å². The Labute approximate surface area is 194 Å². The molecule has 0 saturated heterocycles. The summed E-state index contributed by atoms with van der Waals surface area (Å²) in [6, 6.07) is 8.36. The Morgan fingerprint density at radius 1 is 0.935 bits per heavy atom. The van der Waals surface area contributed by atoms with E-state index in [4.69, 9.17) is 9.47 Å². The molecule has 0 bridgehead atoms. The smallest absolute Gasteiger partial charge is 0.200 e. The first-order valence-electron chi connectivity index (χ1n) is 12.7. The van der Waals surface area contributed by atoms with Gasteiger partial charge in [-0.15, -0.1) is 0 Å². The lowest BCUT2D eigenvalue weighted by Crippen LogP contribution is -2.30. The maximum atomic E-state index is 6.05. The summed E-state index contributed by atoms with van der Waals surface area (Å²) in [6.45, 7) is 17.5. The standard InChI is InChI=1S/C20H30O2.C7H16.C2H6/c1-4-5-9-17-10-12-18(13-11-17)22-19(21-3)16-20(2)14-7-6-8-15-20;1-6(2)5-7(3)4;1-2/h4-5,10-13,19H,6-9,14-16H2,1-3H3;6-7H,5H2,1-4H3;1-2H3/b5-4-;;. The number of ether oxygens (including phenoxy) is 2. The van der Waals surface area contributed by atoms with Crippen molar-refractivity contribution in [2.24, 2.45) is 17.3 Å². The predicted octanol–water partition coefficient (Wildman–Crippen LogP) is 9.23. The molecule has 0 aromatic heterocycles. The summed E-state index contributed by atoms with van der Waals surface area (Å²) in [6.07, 6.45) is 14.0. The molecule has 31 heavy (non-hydrogen) atoms. The van der Waals surface area contributed by atoms with Gasteiger partial charge in [0, 0.05) is 13.5 Å². The van der Waals surface area contributed by atoms with Crippen LogP contribution in [0.4, 0.5) is 0 Å². The first-order chi connectivity index (χ1) is 14.8. The van der Waals surface area contributed by atoms with Crippen LogP contribution in [-0.2, 0) is 11.2 Å². The summed E-state index contributed by atoms with van der Waals surface area (Å²) in [7, 11) is 1.75. The van der Waals surface area contributed by atoms with E-state index in [1.165, 1.54) is 44.1 Å². The second kappa shape index (κ2) is 17.3. The summed E-state index contributed by atoms with van der Waals surface area (Å²) in [5, 5.41) is 0. The van der Waals surface area contributed by atoms with Gasteiger partial charge in [-0.3, -0.25) is 0 Å². The van der Waals surface area contributed by atoms with E-state index >= 15 is 0 Å². The predicted molar refractivity (Wildman–Crippen MR) is 138 cm³/mol. The van der Waals surface area contributed by atoms with Gasteiger partial charge >= 0.3 is 0 Å². The van der Waals surface area contributed by atoms with Crippen LogP contribution < -0.4 is 4.74 Å². The van der Waals surface area contributed by atoms with Crippen molar-refractivity contribution in [3.63, 3.8) is 0 Å². The molecule has 1 fully saturated rings. The monoisotopic (exact) mass is 432 g/mol. The van der Waals surface area contributed by atoms with Crippen LogP contribution in [0.2, 0.25) is 0 Å². The van der Waals surface area contributed by atoms with Gasteiger partial charge in [0.1, 0.15) is 5.75 Å². The minimum Gasteiger partial charge on any atom is -0.465 e. The zero-order chi connectivity index (χ0) is 23.7. The Balaban J connectivity index is 0.000000852. The molecule has 2 nitrogen and oxygen atoms in total. The lowest BCUT2D eigenvalue weighted by atomic mass is 9.73. The van der Waals surface area contributed by atoms with Crippen molar-refractivity contribution in [1.82, 2.24) is 0 Å². The molecular formula is C29H52O2. The van der Waals surface area contributed by atoms with Crippen LogP contribution in [0.3, 0.4) is 0 Å². The maximum absolute atomic E-state index is 6.05. The first kappa shape index (κ1) is 29.7. The van der Waals surface area contributed by atoms with E-state index in [0.29, 0.717) is 5.41 Å². The molecule has 0 amide bonds. The molecule has 0 N–H and O–H groups in total. The summed E-state index contributed by atoms with van der Waals surface area (Å²) in [4.78, 5) is 0. The lowest BCUT2D eigenvalue weighted by Gasteiger charge is -2.36. The molecule has 0 heterocycles. The molecule has 1 aromatic rings. The van der Waals surface area contributed by atoms with Gasteiger partial charge in [-0.1, -0.05) is 92.0 Å². The average Bonchev–Trinajstić information content (AvgIpc) is 2.74. The number of methoxy groups -OCH3 is 1. The van der Waals surface area contributed by atoms with E-state index in [0.717, 1.165) is 30.4 Å². The molecule has 1 aliphatic carbocycles. The Morgan fingerprint density at radius 2 is 1.48 bits per heavy atom. The minimum atomic E-state index is -0.149. The van der Waals surface area contributed by atoms with Crippen molar-refractivity contribution in [3.05, 3.63) is 42.0 Å². The van der Waals surface area contributed by atoms with E-state index in [1.807, 2.05) is 32.9 Å². The van der Waals surface area contributed by atoms with E-state index in [9.17, 15) is 0 Å². The highest BCUT2D eigenvalue weighted by Crippen LogP contribution is 2.40. The summed E-state index contributed by atoms with van der Waals surface area (Å²) in [5.74, 6) is 2.65. The summed E-state index contributed by atoms with van der Waals surface area (Å²) < 4.78 is 11.6. The molecule has 0 radical (unpaired) electrons. The van der Waals surface area contributed by atoms with E-state index in [1.54, 1.807) is 7.11 Å². The molecule has 0 spiro atoms. The van der Waals surface area contributed by atoms with Crippen molar-refractivity contribution in [2.75, 3.05) is 7.11 Å². The summed E-state index contributed by atoms with van der Waals surface area (Å²) in [5.41, 5.74) is 1.67. The topological polar surface area (TPSA) is 18.5 Å². The van der Waals surface area contributed by atoms with Crippen LogP contribution >= 0.6 is 0 Å². The highest BCUT2D eigenvalue weighted by molar-refractivity contribution is 5.28. The average molecular weight is 433 g/mol. The quantitative estimate of drug-likeness (QED) is 0.286. The van der Waals surface area contributed by atoms with Gasteiger partial charge in [-0.2, -0.15) is 0 Å². The molecule has 2 heteroatoms. The zero-order valence-corrected chi connectivity index (χ0v) is 22.2. The van der Waals surface area contributed by atoms with Crippen LogP contribution in [-0.4, -0.2) is 13.4 Å². The molecule has 1 unspecified atom stereocenters. The van der Waals surface area contributed by atoms with E-state index in [2.05, 4.69) is 58.9 Å². The highest BCUT2D eigenvalue weighted by atomic mass is 16.7. The molecule has 180 valence electrons. The van der Waals surface area contributed by atoms with Gasteiger partial charge in [0.15, 0.2) is 6.29 Å². The maximum Gasteiger partial charge on any atom is 0.200 e. The normalized spacial score (nSPS) is 16.4. The lowest BCUT2D eigenvalue weighted by molar-refractivity contribution is -0.0851. The molecule has 1 aromatic carbocycles. The Kier molecular flexibility index (Phi) is 16.6. The third-order valence-corrected chi connectivity index (χ3v) is 5.71. The fourth-order valence-corrected chi connectivity index (χ4v) is 4.24. The molecule has 1 saturated carbocycles. The molecule has 2 rings (SSSR count). The van der Waals surface area contributed by atoms with Crippen molar-refractivity contribution in [2.45, 2.75) is 113 Å². The SMILES string of the molecule is C/C=C\Cc1ccc(OC(CC2(C)CCCCC2)OC)cc1.CC.CC(C)CC(C)C. The molecule has 0 aliphatic heterocycles. The molecular weight excluding hydrogens is 380 g/mol. The van der Waals surface area contributed by atoms with Crippen LogP contribution in [0.1, 0.15) is 106 Å². The van der Waals surface area contributed by atoms with Crippen molar-refractivity contribution in [3.8, 4) is 5.75 Å². The molecule has 1 aliphatic rings. The zero-order valence-electron chi connectivity index (χ0n) is 22.2. The third kappa shape index (κ3) is 14.4. The summed E-state index contributed by atoms with van der Waals surface area (Å²) >= 11 is 0. The minimum absolute atomic E-state index is 0.149. The van der Waals surface area contributed by atoms with Gasteiger partial charge in [-0.05, 0) is 67.6 Å². The second-order valence-corrected chi connectivity index (χ2v) is 9.80. The number of hydrogen-bond acceptors (Lipinski definition) is 2. The second-order valence-electron chi connectivity index (χ2n) is 9.80. The third-order valence-electron chi connectivity index (χ3n) is 5.71. The van der Waals surface area contributed by atoms with Crippen LogP contribution in [0.5, 0.6) is 5.75 Å². The largest absolute Gasteiger partial charge is 0.465 e. The Bertz CT molecular complexity index is 545. The van der Waals surface area contributed by atoms with Gasteiger partial charge in [0.2, 0.25) is 0 Å². The number of benzene rings is 1. The number of rotatable bonds is 9. The molecule has 1 atom stereocenters. The Morgan fingerprint density at radius 3 is 1.90 bits per heavy atom. The van der Waals surface area contributed by atoms with Crippen LogP contribution in [0.15, 0.2) is 36.4 Å². The van der Waals surface area contributed by atoms with Gasteiger partial charge in [-0.25, -0.2) is 0 Å².